The van der Waals surface area contributed by atoms with E-state index in [1.165, 1.54) is 13.8 Å². The van der Waals surface area contributed by atoms with Crippen LogP contribution in [0.3, 0.4) is 0 Å². The second kappa shape index (κ2) is 10.4. The van der Waals surface area contributed by atoms with Crippen molar-refractivity contribution in [1.82, 2.24) is 0 Å². The molecule has 0 aromatic rings. The Kier molecular flexibility index (Phi) is 8.44. The van der Waals surface area contributed by atoms with E-state index in [1.807, 2.05) is 0 Å². The Morgan fingerprint density at radius 3 is 1.78 bits per heavy atom. The molecule has 14 nitrogen and oxygen atoms in total. The lowest BCUT2D eigenvalue weighted by Gasteiger charge is -2.48. The van der Waals surface area contributed by atoms with Gasteiger partial charge in [-0.25, -0.2) is 0 Å². The number of hydrogen-bond acceptors (Lipinski definition) is 14. The van der Waals surface area contributed by atoms with Crippen molar-refractivity contribution in [3.63, 3.8) is 0 Å². The molecule has 0 saturated carbocycles. The van der Waals surface area contributed by atoms with Crippen molar-refractivity contribution >= 4 is 0 Å². The predicted molar refractivity (Wildman–Crippen MR) is 98.4 cm³/mol. The topological polar surface area (TPSA) is 228 Å². The molecule has 3 heterocycles. The van der Waals surface area contributed by atoms with Crippen LogP contribution in [0.5, 0.6) is 0 Å². The van der Waals surface area contributed by atoms with Crippen LogP contribution in [-0.4, -0.2) is 145 Å². The molecule has 188 valence electrons. The summed E-state index contributed by atoms with van der Waals surface area (Å²) in [6, 6.07) is 0. The van der Waals surface area contributed by atoms with Gasteiger partial charge in [0, 0.05) is 0 Å². The third kappa shape index (κ3) is 4.94. The van der Waals surface area contributed by atoms with Gasteiger partial charge in [0.1, 0.15) is 61.0 Å². The Morgan fingerprint density at radius 2 is 1.16 bits per heavy atom. The fourth-order valence-electron chi connectivity index (χ4n) is 3.96. The molecule has 3 aliphatic heterocycles. The highest BCUT2D eigenvalue weighted by Gasteiger charge is 2.52. The zero-order valence-electron chi connectivity index (χ0n) is 17.4. The molecule has 14 heteroatoms. The number of hydrogen-bond donors (Lipinski definition) is 9. The van der Waals surface area contributed by atoms with Gasteiger partial charge in [0.15, 0.2) is 18.9 Å². The molecule has 15 atom stereocenters. The van der Waals surface area contributed by atoms with Crippen LogP contribution < -0.4 is 0 Å². The molecule has 3 aliphatic rings. The molecule has 0 aromatic heterocycles. The number of aliphatic hydroxyl groups is 9. The van der Waals surface area contributed by atoms with E-state index in [4.69, 9.17) is 23.7 Å². The van der Waals surface area contributed by atoms with E-state index in [0.29, 0.717) is 0 Å². The summed E-state index contributed by atoms with van der Waals surface area (Å²) in [6.45, 7) is 2.14. The van der Waals surface area contributed by atoms with E-state index in [1.54, 1.807) is 0 Å². The van der Waals surface area contributed by atoms with E-state index in [2.05, 4.69) is 0 Å². The number of rotatable bonds is 5. The molecule has 0 aliphatic carbocycles. The summed E-state index contributed by atoms with van der Waals surface area (Å²) in [4.78, 5) is 0. The maximum Gasteiger partial charge on any atom is 0.187 e. The van der Waals surface area contributed by atoms with Gasteiger partial charge in [-0.15, -0.1) is 0 Å². The minimum atomic E-state index is -1.74. The lowest BCUT2D eigenvalue weighted by Crippen LogP contribution is -2.66. The van der Waals surface area contributed by atoms with Gasteiger partial charge in [-0.05, 0) is 13.8 Å². The summed E-state index contributed by atoms with van der Waals surface area (Å²) < 4.78 is 27.2. The first-order valence-corrected chi connectivity index (χ1v) is 10.3. The zero-order chi connectivity index (χ0) is 23.9. The van der Waals surface area contributed by atoms with Crippen LogP contribution >= 0.6 is 0 Å². The molecular weight excluding hydrogens is 440 g/mol. The number of aliphatic hydroxyl groups excluding tert-OH is 9. The molecule has 0 spiro atoms. The second-order valence-electron chi connectivity index (χ2n) is 8.30. The average molecular weight is 472 g/mol. The lowest BCUT2D eigenvalue weighted by atomic mass is 9.96. The van der Waals surface area contributed by atoms with Crippen molar-refractivity contribution in [2.24, 2.45) is 0 Å². The smallest absolute Gasteiger partial charge is 0.187 e. The monoisotopic (exact) mass is 472 g/mol. The highest BCUT2D eigenvalue weighted by molar-refractivity contribution is 4.95. The molecule has 3 saturated heterocycles. The summed E-state index contributed by atoms with van der Waals surface area (Å²) in [6.07, 6.45) is -22.5. The molecule has 32 heavy (non-hydrogen) atoms. The molecule has 9 N–H and O–H groups in total. The molecule has 1 unspecified atom stereocenters. The minimum Gasteiger partial charge on any atom is -0.394 e. The molecular formula is C18H32O14. The van der Waals surface area contributed by atoms with E-state index in [9.17, 15) is 46.0 Å². The zero-order valence-corrected chi connectivity index (χ0v) is 17.4. The summed E-state index contributed by atoms with van der Waals surface area (Å²) in [5, 5.41) is 90.2. The molecule has 0 aromatic carbocycles. The first-order valence-electron chi connectivity index (χ1n) is 10.3. The highest BCUT2D eigenvalue weighted by Crippen LogP contribution is 2.32. The van der Waals surface area contributed by atoms with Crippen molar-refractivity contribution in [2.45, 2.75) is 106 Å². The summed E-state index contributed by atoms with van der Waals surface area (Å²) >= 11 is 0. The van der Waals surface area contributed by atoms with Gasteiger partial charge in [0.05, 0.1) is 18.8 Å². The largest absolute Gasteiger partial charge is 0.394 e. The van der Waals surface area contributed by atoms with E-state index in [-0.39, 0.29) is 0 Å². The van der Waals surface area contributed by atoms with Gasteiger partial charge >= 0.3 is 0 Å². The maximum atomic E-state index is 10.6. The fourth-order valence-corrected chi connectivity index (χ4v) is 3.96. The first-order chi connectivity index (χ1) is 15.0. The van der Waals surface area contributed by atoms with Gasteiger partial charge in [-0.1, -0.05) is 0 Å². The van der Waals surface area contributed by atoms with Crippen LogP contribution in [0.4, 0.5) is 0 Å². The maximum absolute atomic E-state index is 10.6. The van der Waals surface area contributed by atoms with E-state index >= 15 is 0 Å². The van der Waals surface area contributed by atoms with E-state index in [0.717, 1.165) is 0 Å². The number of ether oxygens (including phenoxy) is 5. The van der Waals surface area contributed by atoms with Gasteiger partial charge in [-0.2, -0.15) is 0 Å². The molecule has 3 rings (SSSR count). The minimum absolute atomic E-state index is 0.712. The van der Waals surface area contributed by atoms with Gasteiger partial charge in [-0.3, -0.25) is 0 Å². The SMILES string of the molecule is C[C@@H]1O[C@@H](O[C@H]2[C@H](O[C@H]3[C@H](O)[C@@H](O)C(O)O[C@@H]3C)O[C@H](CO)[C@H](O)[C@@H]2O)[C@@H](O)[C@H](O)[C@@H]1O. The third-order valence-corrected chi connectivity index (χ3v) is 6.01. The fraction of sp³-hybridized carbons (Fsp3) is 1.00. The standard InChI is InChI=1S/C18H32O14/c1-4-7(20)9(22)13(26)17(29-4)32-15-10(23)8(21)6(3-19)30-18(15)31-14-5(2)28-16(27)12(25)11(14)24/h4-27H,3H2,1-2H3/t4-,5+,6+,7+,8-,9+,10-,11+,12+,13-,14+,15+,16?,17-,18-/m0/s1. The summed E-state index contributed by atoms with van der Waals surface area (Å²) in [7, 11) is 0. The van der Waals surface area contributed by atoms with Crippen LogP contribution in [0, 0.1) is 0 Å². The highest BCUT2D eigenvalue weighted by atomic mass is 16.8. The van der Waals surface area contributed by atoms with Gasteiger partial charge in [0.25, 0.3) is 0 Å². The van der Waals surface area contributed by atoms with Crippen molar-refractivity contribution < 1.29 is 69.6 Å². The van der Waals surface area contributed by atoms with E-state index < -0.39 is 98.7 Å². The van der Waals surface area contributed by atoms with Crippen molar-refractivity contribution in [2.75, 3.05) is 6.61 Å². The lowest BCUT2D eigenvalue weighted by molar-refractivity contribution is -0.384. The van der Waals surface area contributed by atoms with Crippen molar-refractivity contribution in [3.05, 3.63) is 0 Å². The van der Waals surface area contributed by atoms with Crippen molar-refractivity contribution in [3.8, 4) is 0 Å². The molecule has 0 amide bonds. The normalized spacial score (nSPS) is 55.0. The predicted octanol–water partition coefficient (Wildman–Crippen LogP) is -5.52. The first kappa shape index (κ1) is 26.1. The Hall–Kier alpha value is -0.560. The summed E-state index contributed by atoms with van der Waals surface area (Å²) in [5.74, 6) is 0. The van der Waals surface area contributed by atoms with Crippen LogP contribution in [-0.2, 0) is 23.7 Å². The second-order valence-corrected chi connectivity index (χ2v) is 8.30. The van der Waals surface area contributed by atoms with Crippen LogP contribution in [0.25, 0.3) is 0 Å². The quantitative estimate of drug-likeness (QED) is 0.182. The molecule has 3 fully saturated rings. The Labute approximate surface area is 183 Å². The Morgan fingerprint density at radius 1 is 0.562 bits per heavy atom. The van der Waals surface area contributed by atoms with Gasteiger partial charge < -0.3 is 69.6 Å². The van der Waals surface area contributed by atoms with Crippen LogP contribution in [0.1, 0.15) is 13.8 Å². The third-order valence-electron chi connectivity index (χ3n) is 6.01. The molecule has 0 bridgehead atoms. The average Bonchev–Trinajstić information content (AvgIpc) is 2.76. The van der Waals surface area contributed by atoms with Crippen LogP contribution in [0.15, 0.2) is 0 Å². The van der Waals surface area contributed by atoms with Crippen molar-refractivity contribution in [1.29, 1.82) is 0 Å². The van der Waals surface area contributed by atoms with Crippen LogP contribution in [0.2, 0.25) is 0 Å². The molecule has 0 radical (unpaired) electrons. The Bertz CT molecular complexity index is 610. The van der Waals surface area contributed by atoms with Gasteiger partial charge in [0.2, 0.25) is 0 Å². The summed E-state index contributed by atoms with van der Waals surface area (Å²) in [5.41, 5.74) is 0. The Balaban J connectivity index is 1.81.